The highest BCUT2D eigenvalue weighted by atomic mass is 14.4. The average Bonchev–Trinajstić information content (AvgIpc) is 1.82. The molecule has 0 fully saturated rings. The molecule has 0 saturated heterocycles. The van der Waals surface area contributed by atoms with Crippen LogP contribution in [0.4, 0.5) is 0 Å². The highest BCUT2D eigenvalue weighted by Crippen LogP contribution is 2.15. The molecule has 0 aliphatic carbocycles. The summed E-state index contributed by atoms with van der Waals surface area (Å²) in [5.74, 6) is 1.53. The minimum atomic E-state index is 0.763. The molecule has 1 atom stereocenters. The molecular formula is C9H19N. The smallest absolute Gasteiger partial charge is 0.00583 e. The van der Waals surface area contributed by atoms with Gasteiger partial charge in [0.15, 0.2) is 0 Å². The van der Waals surface area contributed by atoms with Gasteiger partial charge in [-0.1, -0.05) is 20.8 Å². The second kappa shape index (κ2) is 4.48. The molecule has 60 valence electrons. The summed E-state index contributed by atoms with van der Waals surface area (Å²) in [5.41, 5.74) is 0.813. The summed E-state index contributed by atoms with van der Waals surface area (Å²) in [5, 5.41) is 7.23. The molecule has 0 heterocycles. The first kappa shape index (κ1) is 9.67. The van der Waals surface area contributed by atoms with Gasteiger partial charge in [0.2, 0.25) is 0 Å². The minimum Gasteiger partial charge on any atom is -0.310 e. The molecule has 0 unspecified atom stereocenters. The van der Waals surface area contributed by atoms with Gasteiger partial charge in [0.25, 0.3) is 0 Å². The Morgan fingerprint density at radius 3 is 2.10 bits per heavy atom. The van der Waals surface area contributed by atoms with Crippen LogP contribution in [0.1, 0.15) is 40.5 Å². The van der Waals surface area contributed by atoms with E-state index in [1.807, 2.05) is 6.92 Å². The van der Waals surface area contributed by atoms with Crippen LogP contribution in [0.15, 0.2) is 0 Å². The zero-order chi connectivity index (χ0) is 8.15. The van der Waals surface area contributed by atoms with Crippen LogP contribution < -0.4 is 0 Å². The van der Waals surface area contributed by atoms with Crippen LogP contribution >= 0.6 is 0 Å². The second-order valence-corrected chi connectivity index (χ2v) is 3.54. The monoisotopic (exact) mass is 141 g/mol. The maximum absolute atomic E-state index is 7.23. The quantitative estimate of drug-likeness (QED) is 0.582. The molecule has 0 aromatic heterocycles. The number of nitrogens with one attached hydrogen (secondary N) is 1. The van der Waals surface area contributed by atoms with Crippen LogP contribution in [0.25, 0.3) is 0 Å². The zero-order valence-electron chi connectivity index (χ0n) is 7.57. The van der Waals surface area contributed by atoms with Crippen molar-refractivity contribution in [1.29, 1.82) is 5.41 Å². The zero-order valence-corrected chi connectivity index (χ0v) is 7.57. The first-order valence-corrected chi connectivity index (χ1v) is 4.08. The Bertz CT molecular complexity index is 105. The Balaban J connectivity index is 3.39. The third-order valence-electron chi connectivity index (χ3n) is 2.11. The average molecular weight is 141 g/mol. The van der Waals surface area contributed by atoms with Gasteiger partial charge >= 0.3 is 0 Å². The van der Waals surface area contributed by atoms with Crippen molar-refractivity contribution in [3.63, 3.8) is 0 Å². The van der Waals surface area contributed by atoms with Crippen molar-refractivity contribution in [2.75, 3.05) is 0 Å². The van der Waals surface area contributed by atoms with Crippen molar-refractivity contribution in [2.45, 2.75) is 40.5 Å². The van der Waals surface area contributed by atoms with Crippen molar-refractivity contribution < 1.29 is 0 Å². The molecule has 1 N–H and O–H groups in total. The third-order valence-corrected chi connectivity index (χ3v) is 2.11. The number of hydrogen-bond donors (Lipinski definition) is 1. The highest BCUT2D eigenvalue weighted by Gasteiger charge is 2.05. The standard InChI is InChI=1S/C9H19N/c1-7(2)8(3)5-6-9(4)10/h7-8,10H,5-6H2,1-4H3/t8-/m0/s1. The molecule has 0 amide bonds. The lowest BCUT2D eigenvalue weighted by Crippen LogP contribution is -2.05. The van der Waals surface area contributed by atoms with E-state index in [0.717, 1.165) is 24.0 Å². The lowest BCUT2D eigenvalue weighted by atomic mass is 9.92. The summed E-state index contributed by atoms with van der Waals surface area (Å²) in [4.78, 5) is 0. The van der Waals surface area contributed by atoms with Gasteiger partial charge in [-0.15, -0.1) is 0 Å². The second-order valence-electron chi connectivity index (χ2n) is 3.54. The van der Waals surface area contributed by atoms with Gasteiger partial charge in [-0.25, -0.2) is 0 Å². The molecule has 0 saturated carbocycles. The molecule has 10 heavy (non-hydrogen) atoms. The Morgan fingerprint density at radius 1 is 1.30 bits per heavy atom. The highest BCUT2D eigenvalue weighted by molar-refractivity contribution is 5.78. The predicted molar refractivity (Wildman–Crippen MR) is 46.6 cm³/mol. The first-order valence-electron chi connectivity index (χ1n) is 4.08. The van der Waals surface area contributed by atoms with Crippen LogP contribution in [0.2, 0.25) is 0 Å². The van der Waals surface area contributed by atoms with Gasteiger partial charge in [-0.2, -0.15) is 0 Å². The van der Waals surface area contributed by atoms with Gasteiger partial charge in [0.1, 0.15) is 0 Å². The summed E-state index contributed by atoms with van der Waals surface area (Å²) >= 11 is 0. The lowest BCUT2D eigenvalue weighted by Gasteiger charge is -2.14. The van der Waals surface area contributed by atoms with E-state index in [2.05, 4.69) is 20.8 Å². The SMILES string of the molecule is CC(=N)CC[C@H](C)C(C)C. The van der Waals surface area contributed by atoms with E-state index >= 15 is 0 Å². The molecule has 0 rings (SSSR count). The molecule has 1 heteroatoms. The van der Waals surface area contributed by atoms with Crippen LogP contribution in [0.5, 0.6) is 0 Å². The van der Waals surface area contributed by atoms with Crippen LogP contribution in [0.3, 0.4) is 0 Å². The number of rotatable bonds is 4. The Hall–Kier alpha value is -0.330. The summed E-state index contributed by atoms with van der Waals surface area (Å²) < 4.78 is 0. The van der Waals surface area contributed by atoms with E-state index in [1.165, 1.54) is 6.42 Å². The van der Waals surface area contributed by atoms with E-state index in [-0.39, 0.29) is 0 Å². The van der Waals surface area contributed by atoms with Crippen LogP contribution in [-0.2, 0) is 0 Å². The maximum Gasteiger partial charge on any atom is 0.00583 e. The molecule has 0 aliphatic rings. The summed E-state index contributed by atoms with van der Waals surface area (Å²) in [6.07, 6.45) is 2.15. The molecule has 0 aromatic carbocycles. The first-order chi connectivity index (χ1) is 4.54. The van der Waals surface area contributed by atoms with E-state index in [9.17, 15) is 0 Å². The third kappa shape index (κ3) is 4.54. The Kier molecular flexibility index (Phi) is 4.33. The van der Waals surface area contributed by atoms with Crippen molar-refractivity contribution in [1.82, 2.24) is 0 Å². The Morgan fingerprint density at radius 2 is 1.80 bits per heavy atom. The maximum atomic E-state index is 7.23. The largest absolute Gasteiger partial charge is 0.310 e. The van der Waals surface area contributed by atoms with Crippen molar-refractivity contribution >= 4 is 5.71 Å². The molecule has 0 spiro atoms. The van der Waals surface area contributed by atoms with Gasteiger partial charge < -0.3 is 5.41 Å². The fourth-order valence-electron chi connectivity index (χ4n) is 0.778. The van der Waals surface area contributed by atoms with Crippen molar-refractivity contribution in [3.8, 4) is 0 Å². The molecular weight excluding hydrogens is 122 g/mol. The van der Waals surface area contributed by atoms with E-state index in [1.54, 1.807) is 0 Å². The van der Waals surface area contributed by atoms with Crippen molar-refractivity contribution in [2.24, 2.45) is 11.8 Å². The topological polar surface area (TPSA) is 23.9 Å². The fraction of sp³-hybridized carbons (Fsp3) is 0.889. The molecule has 0 aliphatic heterocycles. The Labute approximate surface area is 64.3 Å². The molecule has 1 nitrogen and oxygen atoms in total. The van der Waals surface area contributed by atoms with Gasteiger partial charge in [0.05, 0.1) is 0 Å². The van der Waals surface area contributed by atoms with Gasteiger partial charge in [0, 0.05) is 5.71 Å². The summed E-state index contributed by atoms with van der Waals surface area (Å²) in [7, 11) is 0. The van der Waals surface area contributed by atoms with Crippen molar-refractivity contribution in [3.05, 3.63) is 0 Å². The van der Waals surface area contributed by atoms with Crippen LogP contribution in [0, 0.1) is 17.2 Å². The lowest BCUT2D eigenvalue weighted by molar-refractivity contribution is 0.398. The molecule has 0 aromatic rings. The van der Waals surface area contributed by atoms with E-state index < -0.39 is 0 Å². The summed E-state index contributed by atoms with van der Waals surface area (Å²) in [6.45, 7) is 8.62. The van der Waals surface area contributed by atoms with Crippen LogP contribution in [-0.4, -0.2) is 5.71 Å². The predicted octanol–water partition coefficient (Wildman–Crippen LogP) is 3.10. The molecule has 0 radical (unpaired) electrons. The molecule has 0 bridgehead atoms. The summed E-state index contributed by atoms with van der Waals surface area (Å²) in [6, 6.07) is 0. The van der Waals surface area contributed by atoms with E-state index in [0.29, 0.717) is 0 Å². The normalized spacial score (nSPS) is 13.7. The van der Waals surface area contributed by atoms with Gasteiger partial charge in [-0.05, 0) is 31.6 Å². The minimum absolute atomic E-state index is 0.763. The van der Waals surface area contributed by atoms with Gasteiger partial charge in [-0.3, -0.25) is 0 Å². The number of hydrogen-bond acceptors (Lipinski definition) is 1. The fourth-order valence-corrected chi connectivity index (χ4v) is 0.778. The van der Waals surface area contributed by atoms with E-state index in [4.69, 9.17) is 5.41 Å².